The van der Waals surface area contributed by atoms with E-state index in [9.17, 15) is 4.79 Å². The lowest BCUT2D eigenvalue weighted by molar-refractivity contribution is 0.103. The fourth-order valence-electron chi connectivity index (χ4n) is 1.75. The molecule has 0 atom stereocenters. The van der Waals surface area contributed by atoms with Gasteiger partial charge in [-0.05, 0) is 71.5 Å². The van der Waals surface area contributed by atoms with E-state index < -0.39 is 0 Å². The van der Waals surface area contributed by atoms with E-state index >= 15 is 0 Å². The molecule has 2 rings (SSSR count). The zero-order valence-electron chi connectivity index (χ0n) is 11.0. The summed E-state index contributed by atoms with van der Waals surface area (Å²) in [4.78, 5) is 12.5. The first-order valence-electron chi connectivity index (χ1n) is 6.34. The summed E-state index contributed by atoms with van der Waals surface area (Å²) < 4.78 is 7.37. The number of carbonyl (C=O) groups is 1. The Kier molecular flexibility index (Phi) is 5.60. The molecule has 0 fully saturated rings. The van der Waals surface area contributed by atoms with Gasteiger partial charge in [0.05, 0.1) is 6.61 Å². The first kappa shape index (κ1) is 15.5. The van der Waals surface area contributed by atoms with Gasteiger partial charge in [0.1, 0.15) is 5.75 Å². The molecule has 2 nitrogen and oxygen atoms in total. The van der Waals surface area contributed by atoms with Crippen molar-refractivity contribution in [3.05, 3.63) is 61.6 Å². The smallest absolute Gasteiger partial charge is 0.194 e. The molecule has 0 amide bonds. The summed E-state index contributed by atoms with van der Waals surface area (Å²) in [5.41, 5.74) is 1.34. The summed E-state index contributed by atoms with van der Waals surface area (Å²) in [5.74, 6) is 0.808. The number of ketones is 1. The van der Waals surface area contributed by atoms with Crippen LogP contribution in [0.2, 0.25) is 0 Å². The molecule has 4 heteroatoms. The van der Waals surface area contributed by atoms with Crippen LogP contribution in [0.15, 0.2) is 46.9 Å². The van der Waals surface area contributed by atoms with E-state index in [-0.39, 0.29) is 5.78 Å². The molecular formula is C16H14BrIO2. The molecule has 2 aromatic rings. The Labute approximate surface area is 140 Å². The molecule has 0 bridgehead atoms. The summed E-state index contributed by atoms with van der Waals surface area (Å²) >= 11 is 5.63. The molecule has 0 aliphatic heterocycles. The second-order valence-electron chi connectivity index (χ2n) is 4.33. The van der Waals surface area contributed by atoms with Crippen LogP contribution in [0, 0.1) is 3.57 Å². The van der Waals surface area contributed by atoms with Crippen LogP contribution in [0.4, 0.5) is 0 Å². The number of carbonyl (C=O) groups excluding carboxylic acids is 1. The molecule has 20 heavy (non-hydrogen) atoms. The van der Waals surface area contributed by atoms with Gasteiger partial charge in [-0.3, -0.25) is 4.79 Å². The molecular weight excluding hydrogens is 431 g/mol. The van der Waals surface area contributed by atoms with Crippen LogP contribution in [0.5, 0.6) is 5.75 Å². The second kappa shape index (κ2) is 7.22. The molecule has 0 saturated carbocycles. The molecule has 0 radical (unpaired) electrons. The maximum Gasteiger partial charge on any atom is 0.194 e. The highest BCUT2D eigenvalue weighted by Gasteiger charge is 2.13. The fourth-order valence-corrected chi connectivity index (χ4v) is 2.67. The molecule has 0 aliphatic carbocycles. The summed E-state index contributed by atoms with van der Waals surface area (Å²) in [6, 6.07) is 13.0. The quantitative estimate of drug-likeness (QED) is 0.475. The zero-order chi connectivity index (χ0) is 14.5. The number of benzene rings is 2. The molecule has 0 spiro atoms. The number of ether oxygens (including phenoxy) is 1. The highest BCUT2D eigenvalue weighted by Crippen LogP contribution is 2.23. The monoisotopic (exact) mass is 444 g/mol. The first-order chi connectivity index (χ1) is 9.61. The SMILES string of the molecule is CCCOc1ccc(C(=O)c2cc(I)ccc2Br)cc1. The van der Waals surface area contributed by atoms with E-state index in [2.05, 4.69) is 45.4 Å². The normalized spacial score (nSPS) is 10.3. The molecule has 2 aromatic carbocycles. The van der Waals surface area contributed by atoms with Crippen LogP contribution in [0.1, 0.15) is 29.3 Å². The van der Waals surface area contributed by atoms with Crippen molar-refractivity contribution in [3.63, 3.8) is 0 Å². The van der Waals surface area contributed by atoms with E-state index in [1.807, 2.05) is 30.3 Å². The molecule has 0 aromatic heterocycles. The van der Waals surface area contributed by atoms with Crippen LogP contribution >= 0.6 is 38.5 Å². The molecule has 0 saturated heterocycles. The Balaban J connectivity index is 2.22. The highest BCUT2D eigenvalue weighted by molar-refractivity contribution is 14.1. The Morgan fingerprint density at radius 1 is 1.20 bits per heavy atom. The largest absolute Gasteiger partial charge is 0.494 e. The van der Waals surface area contributed by atoms with Gasteiger partial charge in [0.2, 0.25) is 0 Å². The van der Waals surface area contributed by atoms with Crippen LogP contribution in [0.3, 0.4) is 0 Å². The third-order valence-electron chi connectivity index (χ3n) is 2.76. The highest BCUT2D eigenvalue weighted by atomic mass is 127. The molecule has 0 N–H and O–H groups in total. The van der Waals surface area contributed by atoms with Crippen LogP contribution in [-0.4, -0.2) is 12.4 Å². The van der Waals surface area contributed by atoms with Gasteiger partial charge in [-0.2, -0.15) is 0 Å². The summed E-state index contributed by atoms with van der Waals surface area (Å²) in [6.07, 6.45) is 0.968. The number of hydrogen-bond acceptors (Lipinski definition) is 2. The molecule has 0 unspecified atom stereocenters. The Hall–Kier alpha value is -0.880. The minimum atomic E-state index is 0.0115. The summed E-state index contributed by atoms with van der Waals surface area (Å²) in [5, 5.41) is 0. The maximum atomic E-state index is 12.5. The second-order valence-corrected chi connectivity index (χ2v) is 6.43. The topological polar surface area (TPSA) is 26.3 Å². The van der Waals surface area contributed by atoms with Crippen LogP contribution < -0.4 is 4.74 Å². The number of halogens is 2. The molecule has 0 heterocycles. The van der Waals surface area contributed by atoms with E-state index in [1.165, 1.54) is 0 Å². The number of rotatable bonds is 5. The van der Waals surface area contributed by atoms with Crippen molar-refractivity contribution in [2.75, 3.05) is 6.61 Å². The lowest BCUT2D eigenvalue weighted by Gasteiger charge is -2.07. The van der Waals surface area contributed by atoms with Gasteiger partial charge in [0, 0.05) is 19.2 Å². The molecule has 0 aliphatic rings. The van der Waals surface area contributed by atoms with Crippen molar-refractivity contribution in [2.24, 2.45) is 0 Å². The van der Waals surface area contributed by atoms with Gasteiger partial charge in [0.15, 0.2) is 5.78 Å². The number of hydrogen-bond donors (Lipinski definition) is 0. The minimum absolute atomic E-state index is 0.0115. The van der Waals surface area contributed by atoms with Crippen molar-refractivity contribution in [2.45, 2.75) is 13.3 Å². The fraction of sp³-hybridized carbons (Fsp3) is 0.188. The Bertz CT molecular complexity index is 608. The van der Waals surface area contributed by atoms with Gasteiger partial charge in [0.25, 0.3) is 0 Å². The first-order valence-corrected chi connectivity index (χ1v) is 8.21. The predicted molar refractivity (Wildman–Crippen MR) is 92.5 cm³/mol. The van der Waals surface area contributed by atoms with E-state index in [1.54, 1.807) is 12.1 Å². The standard InChI is InChI=1S/C16H14BrIO2/c1-2-9-20-13-6-3-11(4-7-13)16(19)14-10-12(18)5-8-15(14)17/h3-8,10H,2,9H2,1H3. The van der Waals surface area contributed by atoms with E-state index in [0.29, 0.717) is 17.7 Å². The van der Waals surface area contributed by atoms with Gasteiger partial charge >= 0.3 is 0 Å². The van der Waals surface area contributed by atoms with E-state index in [4.69, 9.17) is 4.74 Å². The lowest BCUT2D eigenvalue weighted by Crippen LogP contribution is -2.03. The Morgan fingerprint density at radius 3 is 2.55 bits per heavy atom. The van der Waals surface area contributed by atoms with Gasteiger partial charge in [-0.25, -0.2) is 0 Å². The van der Waals surface area contributed by atoms with Gasteiger partial charge < -0.3 is 4.74 Å². The minimum Gasteiger partial charge on any atom is -0.494 e. The third kappa shape index (κ3) is 3.82. The van der Waals surface area contributed by atoms with Gasteiger partial charge in [-0.15, -0.1) is 0 Å². The van der Waals surface area contributed by atoms with Crippen molar-refractivity contribution in [3.8, 4) is 5.75 Å². The Morgan fingerprint density at radius 2 is 1.90 bits per heavy atom. The van der Waals surface area contributed by atoms with E-state index in [0.717, 1.165) is 20.2 Å². The van der Waals surface area contributed by atoms with Crippen molar-refractivity contribution < 1.29 is 9.53 Å². The van der Waals surface area contributed by atoms with Crippen molar-refractivity contribution in [1.29, 1.82) is 0 Å². The van der Waals surface area contributed by atoms with Crippen molar-refractivity contribution >= 4 is 44.3 Å². The maximum absolute atomic E-state index is 12.5. The predicted octanol–water partition coefficient (Wildman–Crippen LogP) is 5.07. The van der Waals surface area contributed by atoms with Crippen LogP contribution in [0.25, 0.3) is 0 Å². The van der Waals surface area contributed by atoms with Crippen LogP contribution in [-0.2, 0) is 0 Å². The van der Waals surface area contributed by atoms with Gasteiger partial charge in [-0.1, -0.05) is 22.9 Å². The van der Waals surface area contributed by atoms with Crippen molar-refractivity contribution in [1.82, 2.24) is 0 Å². The summed E-state index contributed by atoms with van der Waals surface area (Å²) in [6.45, 7) is 2.75. The average Bonchev–Trinajstić information content (AvgIpc) is 2.47. The zero-order valence-corrected chi connectivity index (χ0v) is 14.8. The third-order valence-corrected chi connectivity index (χ3v) is 4.12. The lowest BCUT2D eigenvalue weighted by atomic mass is 10.0. The summed E-state index contributed by atoms with van der Waals surface area (Å²) in [7, 11) is 0. The molecule has 104 valence electrons. The average molecular weight is 445 g/mol.